The van der Waals surface area contributed by atoms with Gasteiger partial charge >= 0.3 is 5.97 Å². The van der Waals surface area contributed by atoms with Gasteiger partial charge in [-0.2, -0.15) is 0 Å². The Bertz CT molecular complexity index is 815. The van der Waals surface area contributed by atoms with E-state index in [1.165, 1.54) is 20.3 Å². The number of hydrogen-bond acceptors (Lipinski definition) is 8. The number of aliphatic hydroxyl groups is 2. The molecule has 0 unspecified atom stereocenters. The highest BCUT2D eigenvalue weighted by Gasteiger charge is 2.76. The molecule has 29 heavy (non-hydrogen) atoms. The average molecular weight is 408 g/mol. The minimum atomic E-state index is -1.53. The second kappa shape index (κ2) is 6.12. The molecule has 0 spiro atoms. The van der Waals surface area contributed by atoms with Crippen LogP contribution in [0.5, 0.6) is 0 Å². The first kappa shape index (κ1) is 20.5. The van der Waals surface area contributed by atoms with Crippen LogP contribution in [0, 0.1) is 28.6 Å². The number of carbonyl (C=O) groups is 3. The van der Waals surface area contributed by atoms with E-state index in [2.05, 4.69) is 0 Å². The van der Waals surface area contributed by atoms with Gasteiger partial charge in [-0.3, -0.25) is 14.4 Å². The fourth-order valence-electron chi connectivity index (χ4n) is 7.06. The Kier molecular flexibility index (Phi) is 4.33. The van der Waals surface area contributed by atoms with Crippen molar-refractivity contribution in [3.63, 3.8) is 0 Å². The summed E-state index contributed by atoms with van der Waals surface area (Å²) in [5.41, 5.74) is -3.73. The minimum absolute atomic E-state index is 0.0429. The summed E-state index contributed by atoms with van der Waals surface area (Å²) in [6, 6.07) is 0. The number of hydrogen-bond donors (Lipinski definition) is 2. The van der Waals surface area contributed by atoms with Crippen LogP contribution < -0.4 is 0 Å². The van der Waals surface area contributed by atoms with E-state index in [1.807, 2.05) is 6.92 Å². The fraction of sp³-hybridized carbons (Fsp3) is 0.762. The standard InChI is InChI=1S/C21H28O8/c1-19-9(10(22)7-11(27-4)17(19)25)6-13-20(2)12(8-14(23)29-13)21(3,26)18(28-5)15(24)16(19)20/h7,9,12-13,15-16,18,24,26H,6,8H2,1-5H3/t9-,12+,13+,15-,16+,18+,19-,20+,21-/m0/s1. The lowest BCUT2D eigenvalue weighted by molar-refractivity contribution is -0.311. The largest absolute Gasteiger partial charge is 0.493 e. The van der Waals surface area contributed by atoms with Crippen LogP contribution in [0.1, 0.15) is 33.6 Å². The third kappa shape index (κ3) is 2.28. The van der Waals surface area contributed by atoms with Gasteiger partial charge in [-0.1, -0.05) is 13.8 Å². The van der Waals surface area contributed by atoms with Gasteiger partial charge < -0.3 is 24.4 Å². The van der Waals surface area contributed by atoms with Crippen molar-refractivity contribution in [1.29, 1.82) is 0 Å². The number of aliphatic hydroxyl groups excluding tert-OH is 1. The molecule has 0 radical (unpaired) electrons. The van der Waals surface area contributed by atoms with E-state index in [9.17, 15) is 24.6 Å². The summed E-state index contributed by atoms with van der Waals surface area (Å²) >= 11 is 0. The smallest absolute Gasteiger partial charge is 0.306 e. The predicted octanol–water partition coefficient (Wildman–Crippen LogP) is 0.389. The lowest BCUT2D eigenvalue weighted by atomic mass is 9.38. The molecule has 1 aliphatic heterocycles. The Balaban J connectivity index is 1.97. The molecule has 4 rings (SSSR count). The summed E-state index contributed by atoms with van der Waals surface area (Å²) in [7, 11) is 2.71. The van der Waals surface area contributed by atoms with E-state index in [0.717, 1.165) is 0 Å². The third-order valence-electron chi connectivity index (χ3n) is 8.32. The van der Waals surface area contributed by atoms with E-state index in [0.29, 0.717) is 0 Å². The number of methoxy groups -OCH3 is 2. The van der Waals surface area contributed by atoms with Gasteiger partial charge in [0.1, 0.15) is 12.2 Å². The molecule has 2 N–H and O–H groups in total. The summed E-state index contributed by atoms with van der Waals surface area (Å²) in [4.78, 5) is 38.8. The van der Waals surface area contributed by atoms with Crippen LogP contribution in [-0.2, 0) is 28.6 Å². The van der Waals surface area contributed by atoms with Crippen LogP contribution in [0.15, 0.2) is 11.8 Å². The second-order valence-electron chi connectivity index (χ2n) is 9.47. The van der Waals surface area contributed by atoms with Crippen LogP contribution in [0.3, 0.4) is 0 Å². The van der Waals surface area contributed by atoms with Crippen molar-refractivity contribution in [3.8, 4) is 0 Å². The molecule has 0 bridgehead atoms. The van der Waals surface area contributed by atoms with Crippen molar-refractivity contribution < 1.29 is 38.8 Å². The monoisotopic (exact) mass is 408 g/mol. The van der Waals surface area contributed by atoms with Crippen molar-refractivity contribution in [2.45, 2.75) is 57.5 Å². The number of carbonyl (C=O) groups excluding carboxylic acids is 3. The Hall–Kier alpha value is -1.77. The third-order valence-corrected chi connectivity index (χ3v) is 8.32. The number of ketones is 2. The Morgan fingerprint density at radius 1 is 1.17 bits per heavy atom. The van der Waals surface area contributed by atoms with Crippen molar-refractivity contribution in [1.82, 2.24) is 0 Å². The van der Waals surface area contributed by atoms with Crippen LogP contribution >= 0.6 is 0 Å². The Morgan fingerprint density at radius 3 is 2.41 bits per heavy atom. The minimum Gasteiger partial charge on any atom is -0.493 e. The zero-order chi connectivity index (χ0) is 21.5. The number of rotatable bonds is 2. The number of fused-ring (bicyclic) bond motifs is 2. The van der Waals surface area contributed by atoms with E-state index in [4.69, 9.17) is 14.2 Å². The topological polar surface area (TPSA) is 119 Å². The maximum Gasteiger partial charge on any atom is 0.306 e. The lowest BCUT2D eigenvalue weighted by Crippen LogP contribution is -2.78. The second-order valence-corrected chi connectivity index (χ2v) is 9.47. The highest BCUT2D eigenvalue weighted by Crippen LogP contribution is 2.67. The molecule has 8 heteroatoms. The first-order valence-electron chi connectivity index (χ1n) is 9.92. The maximum absolute atomic E-state index is 13.5. The number of allylic oxidation sites excluding steroid dienone is 2. The van der Waals surface area contributed by atoms with Gasteiger partial charge in [0.2, 0.25) is 5.78 Å². The lowest BCUT2D eigenvalue weighted by Gasteiger charge is -2.68. The Morgan fingerprint density at radius 2 is 1.83 bits per heavy atom. The predicted molar refractivity (Wildman–Crippen MR) is 98.3 cm³/mol. The number of Topliss-reactive ketones (excluding diaryl/α,β-unsaturated/α-hetero) is 1. The molecule has 1 heterocycles. The molecule has 8 nitrogen and oxygen atoms in total. The van der Waals surface area contributed by atoms with Crippen molar-refractivity contribution in [3.05, 3.63) is 11.8 Å². The fourth-order valence-corrected chi connectivity index (χ4v) is 7.06. The van der Waals surface area contributed by atoms with Crippen LogP contribution in [-0.4, -0.2) is 65.9 Å². The van der Waals surface area contributed by atoms with Gasteiger partial charge in [-0.15, -0.1) is 0 Å². The highest BCUT2D eigenvalue weighted by molar-refractivity contribution is 6.12. The number of ether oxygens (including phenoxy) is 3. The molecule has 0 aromatic rings. The maximum atomic E-state index is 13.5. The Labute approximate surface area is 169 Å². The van der Waals surface area contributed by atoms with Crippen molar-refractivity contribution >= 4 is 17.5 Å². The molecular formula is C21H28O8. The first-order valence-corrected chi connectivity index (χ1v) is 9.92. The first-order chi connectivity index (χ1) is 13.4. The van der Waals surface area contributed by atoms with E-state index in [1.54, 1.807) is 13.8 Å². The van der Waals surface area contributed by atoms with E-state index >= 15 is 0 Å². The van der Waals surface area contributed by atoms with Crippen molar-refractivity contribution in [2.24, 2.45) is 28.6 Å². The normalized spacial score (nSPS) is 51.6. The van der Waals surface area contributed by atoms with Crippen LogP contribution in [0.4, 0.5) is 0 Å². The van der Waals surface area contributed by atoms with Crippen molar-refractivity contribution in [2.75, 3.05) is 14.2 Å². The molecule has 3 aliphatic carbocycles. The molecule has 160 valence electrons. The number of esters is 1. The summed E-state index contributed by atoms with van der Waals surface area (Å²) in [6.07, 6.45) is -1.70. The molecule has 1 saturated heterocycles. The van der Waals surface area contributed by atoms with Gasteiger partial charge in [0, 0.05) is 36.4 Å². The zero-order valence-corrected chi connectivity index (χ0v) is 17.3. The molecule has 4 aliphatic rings. The van der Waals surface area contributed by atoms with Gasteiger partial charge in [0.15, 0.2) is 11.5 Å². The molecule has 2 saturated carbocycles. The highest BCUT2D eigenvalue weighted by atomic mass is 16.5. The quantitative estimate of drug-likeness (QED) is 0.630. The molecule has 0 aromatic heterocycles. The molecule has 0 aromatic carbocycles. The van der Waals surface area contributed by atoms with Gasteiger partial charge in [0.05, 0.1) is 30.7 Å². The summed E-state index contributed by atoms with van der Waals surface area (Å²) in [5.74, 6) is -3.32. The molecule has 0 amide bonds. The van der Waals surface area contributed by atoms with Crippen LogP contribution in [0.25, 0.3) is 0 Å². The van der Waals surface area contributed by atoms with Gasteiger partial charge in [-0.25, -0.2) is 0 Å². The SMILES string of the molecule is COC1=CC(=O)[C@@H]2C[C@H]3OC(=O)C[C@H]4[C@](C)(O)[C@H](OC)[C@@H](O)[C@H]([C@@]2(C)C1=O)[C@@]34C. The zero-order valence-electron chi connectivity index (χ0n) is 17.3. The molecule has 9 atom stereocenters. The summed E-state index contributed by atoms with van der Waals surface area (Å²) < 4.78 is 16.3. The van der Waals surface area contributed by atoms with E-state index < -0.39 is 58.5 Å². The summed E-state index contributed by atoms with van der Waals surface area (Å²) in [5, 5.41) is 22.8. The van der Waals surface area contributed by atoms with Crippen LogP contribution in [0.2, 0.25) is 0 Å². The average Bonchev–Trinajstić information content (AvgIpc) is 2.63. The van der Waals surface area contributed by atoms with Gasteiger partial charge in [0.25, 0.3) is 0 Å². The molecule has 3 fully saturated rings. The van der Waals surface area contributed by atoms with Gasteiger partial charge in [-0.05, 0) is 13.3 Å². The van der Waals surface area contributed by atoms with E-state index in [-0.39, 0.29) is 30.2 Å². The molecular weight excluding hydrogens is 380 g/mol. The summed E-state index contributed by atoms with van der Waals surface area (Å²) in [6.45, 7) is 5.07.